The van der Waals surface area contributed by atoms with Gasteiger partial charge in [0.05, 0.1) is 43.3 Å². The number of carbonyl (C=O) groups excluding carboxylic acids is 1. The minimum Gasteiger partial charge on any atom is -0.467 e. The number of aryl methyl sites for hydroxylation is 1. The van der Waals surface area contributed by atoms with E-state index in [4.69, 9.17) is 21.4 Å². The molecule has 0 aliphatic carbocycles. The number of methoxy groups -OCH3 is 1. The molecule has 0 radical (unpaired) electrons. The number of carbonyl (C=O) groups is 1. The summed E-state index contributed by atoms with van der Waals surface area (Å²) in [7, 11) is 1.38. The van der Waals surface area contributed by atoms with E-state index in [0.717, 1.165) is 34.1 Å². The number of pyridine rings is 1. The van der Waals surface area contributed by atoms with Crippen LogP contribution < -0.4 is 5.32 Å². The van der Waals surface area contributed by atoms with Crippen molar-refractivity contribution in [3.8, 4) is 5.69 Å². The Morgan fingerprint density at radius 2 is 1.94 bits per heavy atom. The summed E-state index contributed by atoms with van der Waals surface area (Å²) in [4.78, 5) is 18.7. The Hall–Kier alpha value is -3.91. The zero-order chi connectivity index (χ0) is 24.5. The standard InChI is InChI=1S/C27H26N4O3S/c1-17-15-22(18(2)31(17)20-11-9-19(10-12-20)26(32)33-3)25-24(23-8-4-5-13-28-23)29-27(35)30(25)16-21-7-6-14-34-21/h4-15,24-25H,16H2,1-3H3,(H,29,35)/t24-,25-/m0/s1. The van der Waals surface area contributed by atoms with Crippen molar-refractivity contribution in [3.63, 3.8) is 0 Å². The van der Waals surface area contributed by atoms with Crippen molar-refractivity contribution in [3.05, 3.63) is 107 Å². The summed E-state index contributed by atoms with van der Waals surface area (Å²) < 4.78 is 12.7. The van der Waals surface area contributed by atoms with E-state index < -0.39 is 0 Å². The largest absolute Gasteiger partial charge is 0.467 e. The van der Waals surface area contributed by atoms with Crippen LogP contribution >= 0.6 is 12.2 Å². The number of nitrogens with zero attached hydrogens (tertiary/aromatic N) is 3. The highest BCUT2D eigenvalue weighted by Gasteiger charge is 2.41. The Bertz CT molecular complexity index is 1350. The molecule has 5 rings (SSSR count). The van der Waals surface area contributed by atoms with Gasteiger partial charge in [0, 0.05) is 23.3 Å². The van der Waals surface area contributed by atoms with E-state index in [0.29, 0.717) is 17.2 Å². The molecule has 178 valence electrons. The third-order valence-electron chi connectivity index (χ3n) is 6.44. The molecule has 0 unspecified atom stereocenters. The molecular formula is C27H26N4O3S. The Kier molecular flexibility index (Phi) is 6.13. The van der Waals surface area contributed by atoms with Crippen LogP contribution in [-0.4, -0.2) is 32.6 Å². The first-order chi connectivity index (χ1) is 17.0. The molecule has 8 heteroatoms. The van der Waals surface area contributed by atoms with E-state index in [9.17, 15) is 4.79 Å². The zero-order valence-corrected chi connectivity index (χ0v) is 20.6. The molecule has 2 atom stereocenters. The number of ether oxygens (including phenoxy) is 1. The number of hydrogen-bond acceptors (Lipinski definition) is 5. The molecule has 1 aliphatic rings. The topological polar surface area (TPSA) is 72.5 Å². The molecular weight excluding hydrogens is 460 g/mol. The van der Waals surface area contributed by atoms with Crippen molar-refractivity contribution >= 4 is 23.3 Å². The van der Waals surface area contributed by atoms with Gasteiger partial charge in [0.15, 0.2) is 5.11 Å². The predicted octanol–water partition coefficient (Wildman–Crippen LogP) is 5.04. The number of benzene rings is 1. The van der Waals surface area contributed by atoms with Crippen molar-refractivity contribution in [2.75, 3.05) is 7.11 Å². The number of nitrogens with one attached hydrogen (secondary N) is 1. The highest BCUT2D eigenvalue weighted by atomic mass is 32.1. The summed E-state index contributed by atoms with van der Waals surface area (Å²) in [6, 6.07) is 19.2. The molecule has 0 amide bonds. The molecule has 4 aromatic rings. The maximum Gasteiger partial charge on any atom is 0.337 e. The van der Waals surface area contributed by atoms with Gasteiger partial charge in [0.1, 0.15) is 5.76 Å². The number of rotatable bonds is 6. The van der Waals surface area contributed by atoms with Gasteiger partial charge in [-0.15, -0.1) is 0 Å². The lowest BCUT2D eigenvalue weighted by Gasteiger charge is -2.27. The predicted molar refractivity (Wildman–Crippen MR) is 136 cm³/mol. The van der Waals surface area contributed by atoms with E-state index in [1.807, 2.05) is 42.5 Å². The summed E-state index contributed by atoms with van der Waals surface area (Å²) in [5.41, 5.74) is 5.74. The average molecular weight is 487 g/mol. The fraction of sp³-hybridized carbons (Fsp3) is 0.222. The second-order valence-electron chi connectivity index (χ2n) is 8.53. The highest BCUT2D eigenvalue weighted by Crippen LogP contribution is 2.42. The number of aromatic nitrogens is 2. The maximum atomic E-state index is 11.9. The first-order valence-corrected chi connectivity index (χ1v) is 11.8. The van der Waals surface area contributed by atoms with Gasteiger partial charge in [-0.05, 0) is 86.2 Å². The van der Waals surface area contributed by atoms with Crippen LogP contribution in [0.2, 0.25) is 0 Å². The van der Waals surface area contributed by atoms with Crippen LogP contribution in [0.3, 0.4) is 0 Å². The van der Waals surface area contributed by atoms with E-state index >= 15 is 0 Å². The first kappa shape index (κ1) is 22.9. The lowest BCUT2D eigenvalue weighted by Crippen LogP contribution is -2.29. The van der Waals surface area contributed by atoms with Gasteiger partial charge < -0.3 is 23.9 Å². The summed E-state index contributed by atoms with van der Waals surface area (Å²) >= 11 is 5.79. The van der Waals surface area contributed by atoms with Gasteiger partial charge >= 0.3 is 5.97 Å². The second-order valence-corrected chi connectivity index (χ2v) is 8.92. The monoisotopic (exact) mass is 486 g/mol. The van der Waals surface area contributed by atoms with Crippen LogP contribution in [0, 0.1) is 13.8 Å². The van der Waals surface area contributed by atoms with Gasteiger partial charge in [-0.3, -0.25) is 4.98 Å². The second kappa shape index (κ2) is 9.38. The lowest BCUT2D eigenvalue weighted by atomic mass is 9.96. The first-order valence-electron chi connectivity index (χ1n) is 11.4. The minimum absolute atomic E-state index is 0.0863. The molecule has 1 N–H and O–H groups in total. The van der Waals surface area contributed by atoms with Crippen LogP contribution in [0.4, 0.5) is 0 Å². The molecule has 1 fully saturated rings. The summed E-state index contributed by atoms with van der Waals surface area (Å²) in [5.74, 6) is 0.489. The molecule has 0 spiro atoms. The quantitative estimate of drug-likeness (QED) is 0.302. The molecule has 3 aromatic heterocycles. The summed E-state index contributed by atoms with van der Waals surface area (Å²) in [6.07, 6.45) is 3.48. The Morgan fingerprint density at radius 3 is 2.60 bits per heavy atom. The Morgan fingerprint density at radius 1 is 1.14 bits per heavy atom. The fourth-order valence-corrected chi connectivity index (χ4v) is 5.14. The van der Waals surface area contributed by atoms with Gasteiger partial charge in [-0.2, -0.15) is 0 Å². The SMILES string of the molecule is COC(=O)c1ccc(-n2c(C)cc([C@H]3[C@H](c4ccccn4)NC(=S)N3Cc3ccco3)c2C)cc1. The van der Waals surface area contributed by atoms with Crippen LogP contribution in [0.25, 0.3) is 5.69 Å². The normalized spacial score (nSPS) is 17.5. The minimum atomic E-state index is -0.351. The molecule has 1 aliphatic heterocycles. The number of esters is 1. The van der Waals surface area contributed by atoms with Gasteiger partial charge in [-0.25, -0.2) is 4.79 Å². The molecule has 0 saturated carbocycles. The van der Waals surface area contributed by atoms with Crippen molar-refractivity contribution in [2.45, 2.75) is 32.5 Å². The van der Waals surface area contributed by atoms with Crippen molar-refractivity contribution < 1.29 is 13.9 Å². The zero-order valence-electron chi connectivity index (χ0n) is 19.8. The molecule has 1 aromatic carbocycles. The van der Waals surface area contributed by atoms with Crippen LogP contribution in [0.1, 0.15) is 50.8 Å². The van der Waals surface area contributed by atoms with Gasteiger partial charge in [-0.1, -0.05) is 6.07 Å². The molecule has 35 heavy (non-hydrogen) atoms. The van der Waals surface area contributed by atoms with Crippen molar-refractivity contribution in [1.29, 1.82) is 0 Å². The van der Waals surface area contributed by atoms with Crippen LogP contribution in [0.5, 0.6) is 0 Å². The van der Waals surface area contributed by atoms with Gasteiger partial charge in [0.2, 0.25) is 0 Å². The van der Waals surface area contributed by atoms with E-state index in [2.05, 4.69) is 39.7 Å². The highest BCUT2D eigenvalue weighted by molar-refractivity contribution is 7.80. The maximum absolute atomic E-state index is 11.9. The van der Waals surface area contributed by atoms with Crippen LogP contribution in [-0.2, 0) is 11.3 Å². The Labute approximate surface area is 209 Å². The fourth-order valence-electron chi connectivity index (χ4n) is 4.83. The van der Waals surface area contributed by atoms with E-state index in [-0.39, 0.29) is 18.1 Å². The molecule has 0 bridgehead atoms. The Balaban J connectivity index is 1.58. The number of thiocarbonyl (C=S) groups is 1. The smallest absolute Gasteiger partial charge is 0.337 e. The number of furan rings is 1. The van der Waals surface area contributed by atoms with Crippen molar-refractivity contribution in [1.82, 2.24) is 19.8 Å². The van der Waals surface area contributed by atoms with E-state index in [1.165, 1.54) is 7.11 Å². The van der Waals surface area contributed by atoms with Gasteiger partial charge in [0.25, 0.3) is 0 Å². The summed E-state index contributed by atoms with van der Waals surface area (Å²) in [6.45, 7) is 4.74. The molecule has 4 heterocycles. The average Bonchev–Trinajstić information content (AvgIpc) is 3.58. The molecule has 7 nitrogen and oxygen atoms in total. The third kappa shape index (κ3) is 4.21. The molecule has 1 saturated heterocycles. The summed E-state index contributed by atoms with van der Waals surface area (Å²) in [5, 5.41) is 4.16. The van der Waals surface area contributed by atoms with Crippen LogP contribution in [0.15, 0.2) is 77.5 Å². The number of hydrogen-bond donors (Lipinski definition) is 1. The third-order valence-corrected chi connectivity index (χ3v) is 6.79. The van der Waals surface area contributed by atoms with Crippen molar-refractivity contribution in [2.24, 2.45) is 0 Å². The van der Waals surface area contributed by atoms with E-state index in [1.54, 1.807) is 24.6 Å². The lowest BCUT2D eigenvalue weighted by molar-refractivity contribution is 0.0600.